The minimum absolute atomic E-state index is 0.000411. The zero-order valence-corrected chi connectivity index (χ0v) is 12.1. The lowest BCUT2D eigenvalue weighted by Crippen LogP contribution is -2.12. The Balaban J connectivity index is 2.32. The number of nitrogen functional groups attached to an aromatic ring is 1. The minimum Gasteiger partial charge on any atom is -0.398 e. The summed E-state index contributed by atoms with van der Waals surface area (Å²) in [6, 6.07) is 11.7. The molecule has 100 valence electrons. The normalized spacial score (nSPS) is 11.5. The molecule has 0 heterocycles. The Kier molecular flexibility index (Phi) is 4.05. The van der Waals surface area contributed by atoms with Crippen LogP contribution in [0, 0.1) is 0 Å². The number of rotatable bonds is 3. The molecule has 0 fully saturated rings. The number of primary sulfonamides is 1. The maximum atomic E-state index is 11.2. The molecule has 4 nitrogen and oxygen atoms in total. The lowest BCUT2D eigenvalue weighted by Gasteiger charge is -2.07. The molecule has 0 aliphatic heterocycles. The van der Waals surface area contributed by atoms with E-state index in [1.807, 2.05) is 12.1 Å². The van der Waals surface area contributed by atoms with Crippen molar-refractivity contribution in [2.75, 3.05) is 5.73 Å². The highest BCUT2D eigenvalue weighted by Crippen LogP contribution is 2.34. The molecule has 7 heteroatoms. The number of anilines is 1. The van der Waals surface area contributed by atoms with Gasteiger partial charge in [0.2, 0.25) is 10.0 Å². The first-order valence-electron chi connectivity index (χ1n) is 5.22. The van der Waals surface area contributed by atoms with Gasteiger partial charge in [0.1, 0.15) is 0 Å². The van der Waals surface area contributed by atoms with Crippen molar-refractivity contribution in [1.82, 2.24) is 0 Å². The Morgan fingerprint density at radius 3 is 2.42 bits per heavy atom. The number of hydrogen-bond donors (Lipinski definition) is 2. The van der Waals surface area contributed by atoms with Crippen molar-refractivity contribution in [3.8, 4) is 0 Å². The van der Waals surface area contributed by atoms with Gasteiger partial charge in [-0.05, 0) is 36.4 Å². The van der Waals surface area contributed by atoms with E-state index in [0.717, 1.165) is 9.79 Å². The molecule has 4 N–H and O–H groups in total. The molecule has 0 saturated carbocycles. The number of nitrogens with two attached hydrogens (primary N) is 2. The molecular formula is C12H11ClN2O2S2. The molecule has 0 atom stereocenters. The van der Waals surface area contributed by atoms with Gasteiger partial charge in [-0.1, -0.05) is 29.4 Å². The number of hydrogen-bond acceptors (Lipinski definition) is 4. The van der Waals surface area contributed by atoms with Crippen LogP contribution in [-0.4, -0.2) is 8.42 Å². The predicted octanol–water partition coefficient (Wildman–Crippen LogP) is 2.72. The summed E-state index contributed by atoms with van der Waals surface area (Å²) in [6.07, 6.45) is 0. The van der Waals surface area contributed by atoms with Crippen molar-refractivity contribution in [3.05, 3.63) is 47.5 Å². The highest BCUT2D eigenvalue weighted by atomic mass is 35.5. The second-order valence-electron chi connectivity index (χ2n) is 3.80. The predicted molar refractivity (Wildman–Crippen MR) is 77.8 cm³/mol. The van der Waals surface area contributed by atoms with Crippen molar-refractivity contribution in [1.29, 1.82) is 0 Å². The smallest absolute Gasteiger partial charge is 0.238 e. The maximum absolute atomic E-state index is 11.2. The first kappa shape index (κ1) is 14.2. The Hall–Kier alpha value is -1.21. The Morgan fingerprint density at radius 1 is 1.11 bits per heavy atom. The second kappa shape index (κ2) is 5.42. The van der Waals surface area contributed by atoms with Crippen LogP contribution in [0.15, 0.2) is 57.2 Å². The molecule has 0 unspecified atom stereocenters. The van der Waals surface area contributed by atoms with Crippen molar-refractivity contribution in [2.45, 2.75) is 14.7 Å². The monoisotopic (exact) mass is 314 g/mol. The summed E-state index contributed by atoms with van der Waals surface area (Å²) in [7, 11) is -3.73. The molecule has 0 bridgehead atoms. The van der Waals surface area contributed by atoms with Gasteiger partial charge in [0.15, 0.2) is 0 Å². The van der Waals surface area contributed by atoms with Gasteiger partial charge < -0.3 is 5.73 Å². The van der Waals surface area contributed by atoms with E-state index in [1.54, 1.807) is 18.2 Å². The highest BCUT2D eigenvalue weighted by Gasteiger charge is 2.10. The number of halogens is 1. The molecule has 0 aliphatic rings. The van der Waals surface area contributed by atoms with Crippen LogP contribution in [0.5, 0.6) is 0 Å². The lowest BCUT2D eigenvalue weighted by molar-refractivity contribution is 0.598. The maximum Gasteiger partial charge on any atom is 0.238 e. The summed E-state index contributed by atoms with van der Waals surface area (Å²) in [5, 5.41) is 5.67. The van der Waals surface area contributed by atoms with Gasteiger partial charge in [-0.3, -0.25) is 0 Å². The fourth-order valence-corrected chi connectivity index (χ4v) is 3.16. The second-order valence-corrected chi connectivity index (χ2v) is 6.92. The Morgan fingerprint density at radius 2 is 1.84 bits per heavy atom. The van der Waals surface area contributed by atoms with Crippen LogP contribution >= 0.6 is 23.4 Å². The molecule has 2 aromatic rings. The molecular weight excluding hydrogens is 304 g/mol. The minimum atomic E-state index is -3.73. The molecule has 0 saturated heterocycles. The third-order valence-electron chi connectivity index (χ3n) is 2.33. The van der Waals surface area contributed by atoms with E-state index in [2.05, 4.69) is 0 Å². The zero-order chi connectivity index (χ0) is 14.0. The standard InChI is InChI=1S/C12H11ClN2O2S2/c13-8-2-1-3-9(6-8)18-12-5-4-10(7-11(12)14)19(15,16)17/h1-7H,14H2,(H2,15,16,17). The summed E-state index contributed by atoms with van der Waals surface area (Å²) >= 11 is 7.30. The third kappa shape index (κ3) is 3.63. The summed E-state index contributed by atoms with van der Waals surface area (Å²) in [5.74, 6) is 0. The average Bonchev–Trinajstić information content (AvgIpc) is 2.30. The molecule has 0 aromatic heterocycles. The van der Waals surface area contributed by atoms with E-state index in [4.69, 9.17) is 22.5 Å². The fourth-order valence-electron chi connectivity index (χ4n) is 1.45. The van der Waals surface area contributed by atoms with E-state index >= 15 is 0 Å². The van der Waals surface area contributed by atoms with Crippen molar-refractivity contribution >= 4 is 39.1 Å². The Labute approximate surface area is 120 Å². The van der Waals surface area contributed by atoms with Crippen LogP contribution in [0.1, 0.15) is 0 Å². The third-order valence-corrected chi connectivity index (χ3v) is 4.56. The highest BCUT2D eigenvalue weighted by molar-refractivity contribution is 7.99. The van der Waals surface area contributed by atoms with Gasteiger partial charge in [-0.2, -0.15) is 0 Å². The molecule has 0 radical (unpaired) electrons. The van der Waals surface area contributed by atoms with E-state index in [0.29, 0.717) is 10.7 Å². The first-order chi connectivity index (χ1) is 8.86. The van der Waals surface area contributed by atoms with E-state index in [1.165, 1.54) is 23.9 Å². The van der Waals surface area contributed by atoms with Crippen molar-refractivity contribution in [3.63, 3.8) is 0 Å². The topological polar surface area (TPSA) is 86.2 Å². The van der Waals surface area contributed by atoms with Crippen LogP contribution in [0.3, 0.4) is 0 Å². The van der Waals surface area contributed by atoms with E-state index in [-0.39, 0.29) is 4.90 Å². The first-order valence-corrected chi connectivity index (χ1v) is 7.96. The number of sulfonamides is 1. The van der Waals surface area contributed by atoms with E-state index < -0.39 is 10.0 Å². The van der Waals surface area contributed by atoms with Gasteiger partial charge in [-0.25, -0.2) is 13.6 Å². The van der Waals surface area contributed by atoms with Crippen LogP contribution in [0.2, 0.25) is 5.02 Å². The van der Waals surface area contributed by atoms with Crippen molar-refractivity contribution < 1.29 is 8.42 Å². The fraction of sp³-hybridized carbons (Fsp3) is 0. The quantitative estimate of drug-likeness (QED) is 0.853. The van der Waals surface area contributed by atoms with Crippen LogP contribution < -0.4 is 10.9 Å². The Bertz CT molecular complexity index is 717. The summed E-state index contributed by atoms with van der Waals surface area (Å²) in [5.41, 5.74) is 6.19. The lowest BCUT2D eigenvalue weighted by atomic mass is 10.3. The van der Waals surface area contributed by atoms with Crippen LogP contribution in [-0.2, 0) is 10.0 Å². The van der Waals surface area contributed by atoms with Gasteiger partial charge in [0.25, 0.3) is 0 Å². The van der Waals surface area contributed by atoms with Gasteiger partial charge >= 0.3 is 0 Å². The number of benzene rings is 2. The summed E-state index contributed by atoms with van der Waals surface area (Å²) < 4.78 is 22.4. The molecule has 0 spiro atoms. The molecule has 2 aromatic carbocycles. The van der Waals surface area contributed by atoms with Crippen LogP contribution in [0.25, 0.3) is 0 Å². The largest absolute Gasteiger partial charge is 0.398 e. The van der Waals surface area contributed by atoms with Gasteiger partial charge in [0, 0.05) is 20.5 Å². The van der Waals surface area contributed by atoms with Crippen molar-refractivity contribution in [2.24, 2.45) is 5.14 Å². The zero-order valence-electron chi connectivity index (χ0n) is 9.71. The SMILES string of the molecule is Nc1cc(S(N)(=O)=O)ccc1Sc1cccc(Cl)c1. The summed E-state index contributed by atoms with van der Waals surface area (Å²) in [4.78, 5) is 1.66. The van der Waals surface area contributed by atoms with E-state index in [9.17, 15) is 8.42 Å². The van der Waals surface area contributed by atoms with Gasteiger partial charge in [0.05, 0.1) is 4.90 Å². The summed E-state index contributed by atoms with van der Waals surface area (Å²) in [6.45, 7) is 0. The van der Waals surface area contributed by atoms with Crippen LogP contribution in [0.4, 0.5) is 5.69 Å². The average molecular weight is 315 g/mol. The molecule has 2 rings (SSSR count). The van der Waals surface area contributed by atoms with Gasteiger partial charge in [-0.15, -0.1) is 0 Å². The molecule has 0 aliphatic carbocycles. The molecule has 0 amide bonds. The molecule has 19 heavy (non-hydrogen) atoms.